The van der Waals surface area contributed by atoms with Crippen molar-refractivity contribution >= 4 is 36.2 Å². The summed E-state index contributed by atoms with van der Waals surface area (Å²) in [5.41, 5.74) is 10.4. The summed E-state index contributed by atoms with van der Waals surface area (Å²) in [5.74, 6) is 0.812. The minimum Gasteiger partial charge on any atom is -0.287 e. The normalized spacial score (nSPS) is 14.3. The van der Waals surface area contributed by atoms with Gasteiger partial charge in [-0.2, -0.15) is 0 Å². The Hall–Kier alpha value is -5.81. The number of rotatable bonds is 18. The first-order valence-corrected chi connectivity index (χ1v) is 18.8. The molecule has 0 unspecified atom stereocenters. The van der Waals surface area contributed by atoms with Crippen LogP contribution in [0.1, 0.15) is 89.7 Å². The van der Waals surface area contributed by atoms with Crippen LogP contribution in [0.5, 0.6) is 0 Å². The van der Waals surface area contributed by atoms with Gasteiger partial charge in [-0.3, -0.25) is 25.0 Å². The largest absolute Gasteiger partial charge is 0.287 e. The van der Waals surface area contributed by atoms with E-state index in [1.165, 1.54) is 11.1 Å². The first-order chi connectivity index (χ1) is 26.3. The van der Waals surface area contributed by atoms with Crippen molar-refractivity contribution in [1.29, 1.82) is 0 Å². The summed E-state index contributed by atoms with van der Waals surface area (Å²) in [4.78, 5) is 23.7. The molecule has 0 fully saturated rings. The van der Waals surface area contributed by atoms with Gasteiger partial charge in [-0.1, -0.05) is 119 Å². The van der Waals surface area contributed by atoms with Crippen LogP contribution in [0.4, 0.5) is 11.4 Å². The number of pyridine rings is 1. The summed E-state index contributed by atoms with van der Waals surface area (Å²) in [6.07, 6.45) is 32.1. The molecule has 278 valence electrons. The van der Waals surface area contributed by atoms with Gasteiger partial charge in [0, 0.05) is 24.9 Å². The van der Waals surface area contributed by atoms with Crippen LogP contribution in [0, 0.1) is 0 Å². The molecule has 0 N–H and O–H groups in total. The summed E-state index contributed by atoms with van der Waals surface area (Å²) in [6.45, 7) is 17.8. The van der Waals surface area contributed by atoms with E-state index in [1.54, 1.807) is 0 Å². The van der Waals surface area contributed by atoms with Crippen molar-refractivity contribution in [3.63, 3.8) is 0 Å². The Kier molecular flexibility index (Phi) is 19.3. The second kappa shape index (κ2) is 24.4. The molecule has 3 rings (SSSR count). The van der Waals surface area contributed by atoms with Gasteiger partial charge in [-0.25, -0.2) is 0 Å². The van der Waals surface area contributed by atoms with Crippen molar-refractivity contribution in [3.05, 3.63) is 184 Å². The predicted octanol–water partition coefficient (Wildman–Crippen LogP) is 13.3. The third-order valence-corrected chi connectivity index (χ3v) is 8.19. The van der Waals surface area contributed by atoms with Gasteiger partial charge < -0.3 is 0 Å². The van der Waals surface area contributed by atoms with E-state index in [4.69, 9.17) is 15.0 Å². The Morgan fingerprint density at radius 1 is 0.481 bits per heavy atom. The molecule has 0 aliphatic carbocycles. The zero-order valence-corrected chi connectivity index (χ0v) is 33.4. The molecule has 1 aromatic heterocycles. The van der Waals surface area contributed by atoms with Gasteiger partial charge in [-0.05, 0) is 122 Å². The van der Waals surface area contributed by atoms with E-state index in [9.17, 15) is 0 Å². The lowest BCUT2D eigenvalue weighted by molar-refractivity contribution is 0.867. The highest BCUT2D eigenvalue weighted by atomic mass is 14.8. The Bertz CT molecular complexity index is 1860. The zero-order valence-electron chi connectivity index (χ0n) is 33.4. The second-order valence-electron chi connectivity index (χ2n) is 13.1. The molecule has 5 nitrogen and oxygen atoms in total. The fraction of sp³-hybridized carbons (Fsp3) is 0.245. The van der Waals surface area contributed by atoms with Crippen LogP contribution in [0.25, 0.3) is 0 Å². The number of hydrogen-bond donors (Lipinski definition) is 0. The first kappa shape index (κ1) is 42.6. The van der Waals surface area contributed by atoms with Gasteiger partial charge in [0.1, 0.15) is 0 Å². The maximum absolute atomic E-state index is 4.81. The molecule has 54 heavy (non-hydrogen) atoms. The quantitative estimate of drug-likeness (QED) is 0.0955. The SMILES string of the molecule is C\C=C/C(=C/C=N/c1ccccc1C(C)C)C(/C=C\C)=C/C=N/Cc1cccc(C/N=C/C=C(\C=C/C)C(/C=C\C)=C/C=N/c2ccccc2C(C)C)n1. The van der Waals surface area contributed by atoms with Crippen molar-refractivity contribution in [2.24, 2.45) is 20.0 Å². The fourth-order valence-corrected chi connectivity index (χ4v) is 5.56. The van der Waals surface area contributed by atoms with Gasteiger partial charge in [0.15, 0.2) is 0 Å². The van der Waals surface area contributed by atoms with Crippen LogP contribution in [0.2, 0.25) is 0 Å². The Morgan fingerprint density at radius 3 is 1.19 bits per heavy atom. The summed E-state index contributed by atoms with van der Waals surface area (Å²) < 4.78 is 0. The molecule has 0 spiro atoms. The summed E-state index contributed by atoms with van der Waals surface area (Å²) in [5, 5.41) is 0. The molecule has 0 saturated carbocycles. The maximum Gasteiger partial charge on any atom is 0.0811 e. The molecule has 0 aliphatic rings. The van der Waals surface area contributed by atoms with Crippen LogP contribution in [0.3, 0.4) is 0 Å². The molecular formula is C49H57N5. The molecular weight excluding hydrogens is 659 g/mol. The third-order valence-electron chi connectivity index (χ3n) is 8.19. The number of aromatic nitrogens is 1. The standard InChI is InChI=1S/C49H57N5/c1-9-18-40(42(20-11-3)30-34-52-48-26-15-13-24-46(48)38(5)6)28-32-50-36-44-22-17-23-45(54-44)37-51-33-29-41(19-10-2)43(21-12-4)31-35-53-49-27-16-14-25-47(49)39(7)8/h9-35,38-39H,36-37H2,1-8H3/b18-9-,19-10-,20-11-,21-12-,40-28+,41-29+,42-30-,43-31+,50-32+,51-33+,52-34+,53-35+. The number of allylic oxidation sites excluding steroid dienone is 16. The lowest BCUT2D eigenvalue weighted by Crippen LogP contribution is -1.94. The molecule has 0 aliphatic heterocycles. The minimum atomic E-state index is 0.406. The molecule has 0 radical (unpaired) electrons. The average molecular weight is 716 g/mol. The smallest absolute Gasteiger partial charge is 0.0811 e. The van der Waals surface area contributed by atoms with Gasteiger partial charge in [-0.15, -0.1) is 0 Å². The lowest BCUT2D eigenvalue weighted by atomic mass is 10.0. The second-order valence-corrected chi connectivity index (χ2v) is 13.1. The number of hydrogen-bond acceptors (Lipinski definition) is 5. The van der Waals surface area contributed by atoms with Crippen molar-refractivity contribution < 1.29 is 0 Å². The zero-order chi connectivity index (χ0) is 39.0. The molecule has 3 aromatic rings. The third kappa shape index (κ3) is 14.7. The molecule has 2 aromatic carbocycles. The average Bonchev–Trinajstić information content (AvgIpc) is 3.17. The highest BCUT2D eigenvalue weighted by Crippen LogP contribution is 2.27. The van der Waals surface area contributed by atoms with E-state index < -0.39 is 0 Å². The number of para-hydroxylation sites is 2. The Balaban J connectivity index is 1.72. The van der Waals surface area contributed by atoms with Gasteiger partial charge in [0.2, 0.25) is 0 Å². The Labute approximate surface area is 325 Å². The molecule has 0 saturated heterocycles. The highest BCUT2D eigenvalue weighted by molar-refractivity contribution is 5.82. The van der Waals surface area contributed by atoms with Crippen LogP contribution in [-0.2, 0) is 13.1 Å². The van der Waals surface area contributed by atoms with Gasteiger partial charge >= 0.3 is 0 Å². The lowest BCUT2D eigenvalue weighted by Gasteiger charge is -2.08. The molecule has 0 amide bonds. The number of aliphatic imine (C=N–C) groups is 4. The van der Waals surface area contributed by atoms with Crippen molar-refractivity contribution in [2.75, 3.05) is 0 Å². The summed E-state index contributed by atoms with van der Waals surface area (Å²) >= 11 is 0. The van der Waals surface area contributed by atoms with Gasteiger partial charge in [0.25, 0.3) is 0 Å². The molecule has 0 bridgehead atoms. The van der Waals surface area contributed by atoms with Crippen LogP contribution < -0.4 is 0 Å². The molecule has 1 heterocycles. The fourth-order valence-electron chi connectivity index (χ4n) is 5.56. The van der Waals surface area contributed by atoms with Crippen LogP contribution >= 0.6 is 0 Å². The van der Waals surface area contributed by atoms with Crippen LogP contribution in [-0.4, -0.2) is 29.8 Å². The Morgan fingerprint density at radius 2 is 0.833 bits per heavy atom. The molecule has 0 atom stereocenters. The van der Waals surface area contributed by atoms with E-state index in [0.717, 1.165) is 45.1 Å². The number of nitrogens with zero attached hydrogens (tertiary/aromatic N) is 5. The number of benzene rings is 2. The predicted molar refractivity (Wildman–Crippen MR) is 238 cm³/mol. The van der Waals surface area contributed by atoms with E-state index in [1.807, 2.05) is 131 Å². The first-order valence-electron chi connectivity index (χ1n) is 18.8. The highest BCUT2D eigenvalue weighted by Gasteiger charge is 2.05. The monoisotopic (exact) mass is 715 g/mol. The van der Waals surface area contributed by atoms with Gasteiger partial charge in [0.05, 0.1) is 35.9 Å². The van der Waals surface area contributed by atoms with Crippen LogP contribution in [0.15, 0.2) is 182 Å². The topological polar surface area (TPSA) is 62.3 Å². The van der Waals surface area contributed by atoms with Crippen molar-refractivity contribution in [2.45, 2.75) is 80.3 Å². The van der Waals surface area contributed by atoms with Crippen molar-refractivity contribution in [3.8, 4) is 0 Å². The van der Waals surface area contributed by atoms with E-state index in [-0.39, 0.29) is 0 Å². The maximum atomic E-state index is 4.81. The van der Waals surface area contributed by atoms with E-state index in [0.29, 0.717) is 24.9 Å². The minimum absolute atomic E-state index is 0.406. The summed E-state index contributed by atoms with van der Waals surface area (Å²) in [6, 6.07) is 22.6. The summed E-state index contributed by atoms with van der Waals surface area (Å²) in [7, 11) is 0. The molecule has 5 heteroatoms. The van der Waals surface area contributed by atoms with E-state index >= 15 is 0 Å². The van der Waals surface area contributed by atoms with E-state index in [2.05, 4.69) is 98.4 Å². The van der Waals surface area contributed by atoms with Crippen molar-refractivity contribution in [1.82, 2.24) is 4.98 Å².